The second-order valence-corrected chi connectivity index (χ2v) is 2.28. The molecule has 0 saturated carbocycles. The van der Waals surface area contributed by atoms with E-state index >= 15 is 0 Å². The molecule has 0 spiro atoms. The summed E-state index contributed by atoms with van der Waals surface area (Å²) >= 11 is 8.66. The van der Waals surface area contributed by atoms with Gasteiger partial charge in [0.15, 0.2) is 0 Å². The van der Waals surface area contributed by atoms with E-state index in [4.69, 9.17) is 11.6 Å². The highest BCUT2D eigenvalue weighted by Crippen LogP contribution is 2.18. The number of aromatic nitrogens is 1. The first-order valence-electron chi connectivity index (χ1n) is 1.71. The number of H-pyrrole nitrogens is 1. The summed E-state index contributed by atoms with van der Waals surface area (Å²) in [5, 5.41) is 0.667. The molecule has 37 valence electrons. The van der Waals surface area contributed by atoms with Gasteiger partial charge in [0.05, 0.1) is 11.2 Å². The van der Waals surface area contributed by atoms with Crippen molar-refractivity contribution in [3.05, 3.63) is 21.9 Å². The Bertz CT molecular complexity index is 144. The number of hydrogen-bond donors (Lipinski definition) is 1. The van der Waals surface area contributed by atoms with Crippen LogP contribution in [-0.2, 0) is 0 Å². The van der Waals surface area contributed by atoms with Gasteiger partial charge in [0.1, 0.15) is 4.60 Å². The van der Waals surface area contributed by atoms with Crippen LogP contribution in [0.1, 0.15) is 0 Å². The van der Waals surface area contributed by atoms with Gasteiger partial charge in [-0.15, -0.1) is 0 Å². The summed E-state index contributed by atoms with van der Waals surface area (Å²) in [4.78, 5) is 2.73. The molecule has 1 rings (SSSR count). The van der Waals surface area contributed by atoms with Crippen LogP contribution < -0.4 is 0 Å². The zero-order valence-electron chi connectivity index (χ0n) is 3.33. The van der Waals surface area contributed by atoms with Crippen molar-refractivity contribution < 1.29 is 0 Å². The highest BCUT2D eigenvalue weighted by Gasteiger charge is 1.91. The van der Waals surface area contributed by atoms with E-state index < -0.39 is 0 Å². The minimum atomic E-state index is 0.667. The first-order valence-corrected chi connectivity index (χ1v) is 2.88. The molecule has 0 aliphatic heterocycles. The number of aromatic amines is 1. The normalized spacial score (nSPS) is 9.43. The molecular formula is C4H2BrClN. The minimum absolute atomic E-state index is 0.667. The molecule has 1 heterocycles. The molecule has 0 fully saturated rings. The van der Waals surface area contributed by atoms with Crippen LogP contribution in [0, 0.1) is 6.20 Å². The molecule has 0 atom stereocenters. The maximum Gasteiger partial charge on any atom is 0.101 e. The number of hydrogen-bond acceptors (Lipinski definition) is 0. The van der Waals surface area contributed by atoms with Gasteiger partial charge in [-0.25, -0.2) is 0 Å². The predicted molar refractivity (Wildman–Crippen MR) is 32.3 cm³/mol. The lowest BCUT2D eigenvalue weighted by molar-refractivity contribution is 1.35. The first-order chi connectivity index (χ1) is 3.30. The number of rotatable bonds is 0. The molecule has 3 heteroatoms. The average molecular weight is 179 g/mol. The molecule has 1 nitrogen and oxygen atoms in total. The predicted octanol–water partition coefficient (Wildman–Crippen LogP) is 2.23. The summed E-state index contributed by atoms with van der Waals surface area (Å²) in [6.07, 6.45) is 2.69. The van der Waals surface area contributed by atoms with Crippen molar-refractivity contribution in [1.29, 1.82) is 0 Å². The van der Waals surface area contributed by atoms with Crippen LogP contribution in [-0.4, -0.2) is 4.98 Å². The Kier molecular flexibility index (Phi) is 1.40. The molecule has 0 aliphatic rings. The molecule has 0 bridgehead atoms. The van der Waals surface area contributed by atoms with E-state index in [9.17, 15) is 0 Å². The van der Waals surface area contributed by atoms with Gasteiger partial charge in [0.2, 0.25) is 0 Å². The van der Waals surface area contributed by atoms with Crippen LogP contribution in [0.2, 0.25) is 5.02 Å². The molecular weight excluding hydrogens is 177 g/mol. The van der Waals surface area contributed by atoms with Crippen molar-refractivity contribution in [2.45, 2.75) is 0 Å². The molecule has 0 saturated heterocycles. The summed E-state index contributed by atoms with van der Waals surface area (Å²) in [6.45, 7) is 0. The highest BCUT2D eigenvalue weighted by atomic mass is 79.9. The lowest BCUT2D eigenvalue weighted by Gasteiger charge is -1.75. The van der Waals surface area contributed by atoms with Crippen LogP contribution in [0.5, 0.6) is 0 Å². The fourth-order valence-corrected chi connectivity index (χ4v) is 0.617. The molecule has 0 aliphatic carbocycles. The largest absolute Gasteiger partial charge is 0.347 e. The average Bonchev–Trinajstić information content (AvgIpc) is 1.91. The third-order valence-electron chi connectivity index (χ3n) is 0.590. The first kappa shape index (κ1) is 5.19. The van der Waals surface area contributed by atoms with Crippen LogP contribution >= 0.6 is 27.5 Å². The van der Waals surface area contributed by atoms with Gasteiger partial charge in [0, 0.05) is 0 Å². The van der Waals surface area contributed by atoms with Gasteiger partial charge in [-0.2, -0.15) is 0 Å². The van der Waals surface area contributed by atoms with Gasteiger partial charge >= 0.3 is 0 Å². The number of halogens is 2. The van der Waals surface area contributed by atoms with E-state index in [1.54, 1.807) is 6.07 Å². The van der Waals surface area contributed by atoms with Crippen molar-refractivity contribution in [2.24, 2.45) is 0 Å². The summed E-state index contributed by atoms with van der Waals surface area (Å²) in [5.74, 6) is 0. The molecule has 0 aromatic carbocycles. The van der Waals surface area contributed by atoms with Gasteiger partial charge in [-0.05, 0) is 22.0 Å². The molecule has 0 unspecified atom stereocenters. The van der Waals surface area contributed by atoms with Crippen molar-refractivity contribution in [1.82, 2.24) is 4.98 Å². The molecule has 1 radical (unpaired) electrons. The Morgan fingerprint density at radius 2 is 2.57 bits per heavy atom. The molecule has 0 amide bonds. The fraction of sp³-hybridized carbons (Fsp3) is 0. The maximum absolute atomic E-state index is 5.51. The second kappa shape index (κ2) is 1.88. The van der Waals surface area contributed by atoms with Crippen molar-refractivity contribution in [3.63, 3.8) is 0 Å². The lowest BCUT2D eigenvalue weighted by atomic mass is 10.7. The SMILES string of the molecule is Clc1c[c][nH]c1Br. The zero-order chi connectivity index (χ0) is 5.28. The van der Waals surface area contributed by atoms with E-state index in [0.717, 1.165) is 4.60 Å². The smallest absolute Gasteiger partial charge is 0.101 e. The monoisotopic (exact) mass is 178 g/mol. The molecule has 1 aromatic rings. The zero-order valence-corrected chi connectivity index (χ0v) is 5.68. The van der Waals surface area contributed by atoms with Crippen molar-refractivity contribution in [2.75, 3.05) is 0 Å². The second-order valence-electron chi connectivity index (χ2n) is 1.08. The van der Waals surface area contributed by atoms with E-state index in [1.165, 1.54) is 0 Å². The highest BCUT2D eigenvalue weighted by molar-refractivity contribution is 9.10. The standard InChI is InChI=1S/C4H2BrClN/c5-4-3(6)1-2-7-4/h1,7H. The van der Waals surface area contributed by atoms with Gasteiger partial charge in [0.25, 0.3) is 0 Å². The Balaban J connectivity index is 3.12. The van der Waals surface area contributed by atoms with Crippen LogP contribution in [0.3, 0.4) is 0 Å². The third kappa shape index (κ3) is 0.983. The van der Waals surface area contributed by atoms with E-state index in [1.807, 2.05) is 0 Å². The van der Waals surface area contributed by atoms with Gasteiger partial charge in [-0.1, -0.05) is 11.6 Å². The van der Waals surface area contributed by atoms with Gasteiger partial charge < -0.3 is 4.98 Å². The van der Waals surface area contributed by atoms with E-state index in [0.29, 0.717) is 5.02 Å². The van der Waals surface area contributed by atoms with Crippen LogP contribution in [0.4, 0.5) is 0 Å². The third-order valence-corrected chi connectivity index (χ3v) is 1.74. The Morgan fingerprint density at radius 1 is 1.86 bits per heavy atom. The summed E-state index contributed by atoms with van der Waals surface area (Å²) in [5.41, 5.74) is 0. The lowest BCUT2D eigenvalue weighted by Crippen LogP contribution is -1.55. The Morgan fingerprint density at radius 3 is 2.71 bits per heavy atom. The molecule has 7 heavy (non-hydrogen) atoms. The molecule has 1 aromatic heterocycles. The summed E-state index contributed by atoms with van der Waals surface area (Å²) in [7, 11) is 0. The minimum Gasteiger partial charge on any atom is -0.347 e. The Labute approximate surface area is 54.8 Å². The Hall–Kier alpha value is 0.0500. The summed E-state index contributed by atoms with van der Waals surface area (Å²) in [6, 6.07) is 1.66. The summed E-state index contributed by atoms with van der Waals surface area (Å²) < 4.78 is 0.786. The van der Waals surface area contributed by atoms with E-state index in [-0.39, 0.29) is 0 Å². The van der Waals surface area contributed by atoms with Crippen LogP contribution in [0.25, 0.3) is 0 Å². The van der Waals surface area contributed by atoms with Crippen LogP contribution in [0.15, 0.2) is 10.7 Å². The molecule has 1 N–H and O–H groups in total. The van der Waals surface area contributed by atoms with Crippen molar-refractivity contribution >= 4 is 27.5 Å². The number of nitrogens with one attached hydrogen (secondary N) is 1. The van der Waals surface area contributed by atoms with E-state index in [2.05, 4.69) is 27.1 Å². The van der Waals surface area contributed by atoms with Crippen molar-refractivity contribution in [3.8, 4) is 0 Å². The quantitative estimate of drug-likeness (QED) is 0.629. The topological polar surface area (TPSA) is 15.8 Å². The maximum atomic E-state index is 5.51. The van der Waals surface area contributed by atoms with Gasteiger partial charge in [-0.3, -0.25) is 0 Å². The fourth-order valence-electron chi connectivity index (χ4n) is 0.286.